The molecule has 2 rings (SSSR count). The lowest BCUT2D eigenvalue weighted by Crippen LogP contribution is -2.45. The summed E-state index contributed by atoms with van der Waals surface area (Å²) in [4.78, 5) is 36.7. The van der Waals surface area contributed by atoms with E-state index in [1.54, 1.807) is 27.7 Å². The number of nitrogens with one attached hydrogen (secondary N) is 1. The summed E-state index contributed by atoms with van der Waals surface area (Å²) in [6.45, 7) is 8.50. The van der Waals surface area contributed by atoms with Crippen molar-refractivity contribution < 1.29 is 28.6 Å². The van der Waals surface area contributed by atoms with Gasteiger partial charge in [-0.3, -0.25) is 9.59 Å². The molecule has 1 N–H and O–H groups in total. The zero-order chi connectivity index (χ0) is 21.7. The van der Waals surface area contributed by atoms with Crippen molar-refractivity contribution in [3.8, 4) is 0 Å². The quantitative estimate of drug-likeness (QED) is 0.573. The van der Waals surface area contributed by atoms with Gasteiger partial charge in [-0.1, -0.05) is 30.3 Å². The van der Waals surface area contributed by atoms with E-state index in [9.17, 15) is 14.4 Å². The van der Waals surface area contributed by atoms with Crippen LogP contribution in [0.5, 0.6) is 0 Å². The fraction of sp³-hybridized carbons (Fsp3) is 0.591. The molecule has 0 heterocycles. The number of alkyl carbamates (subject to hydrolysis) is 1. The zero-order valence-electron chi connectivity index (χ0n) is 17.8. The fourth-order valence-electron chi connectivity index (χ4n) is 3.62. The van der Waals surface area contributed by atoms with E-state index >= 15 is 0 Å². The lowest BCUT2D eigenvalue weighted by molar-refractivity contribution is -0.172. The van der Waals surface area contributed by atoms with Crippen LogP contribution in [0.4, 0.5) is 4.79 Å². The second-order valence-electron chi connectivity index (χ2n) is 8.56. The molecule has 160 valence electrons. The molecule has 7 nitrogen and oxygen atoms in total. The number of rotatable bonds is 6. The molecule has 1 fully saturated rings. The molecule has 0 spiro atoms. The third kappa shape index (κ3) is 6.48. The van der Waals surface area contributed by atoms with Gasteiger partial charge in [-0.25, -0.2) is 4.79 Å². The van der Waals surface area contributed by atoms with E-state index in [0.29, 0.717) is 19.3 Å². The van der Waals surface area contributed by atoms with Gasteiger partial charge in [-0.2, -0.15) is 0 Å². The van der Waals surface area contributed by atoms with E-state index in [1.807, 2.05) is 30.3 Å². The maximum atomic E-state index is 13.1. The Bertz CT molecular complexity index is 727. The SMILES string of the molecule is CC(=O)OC(C)[C@]1(C(=O)OCc2ccccc2)CC[C@@H](NC(=O)OC(C)(C)C)C1. The Labute approximate surface area is 172 Å². The number of hydrogen-bond donors (Lipinski definition) is 1. The lowest BCUT2D eigenvalue weighted by Gasteiger charge is -2.32. The number of esters is 2. The van der Waals surface area contributed by atoms with Crippen molar-refractivity contribution in [1.29, 1.82) is 0 Å². The van der Waals surface area contributed by atoms with E-state index < -0.39 is 35.2 Å². The first kappa shape index (κ1) is 22.7. The molecule has 1 unspecified atom stereocenters. The second kappa shape index (κ2) is 9.29. The molecule has 0 radical (unpaired) electrons. The minimum absolute atomic E-state index is 0.137. The molecule has 0 saturated heterocycles. The summed E-state index contributed by atoms with van der Waals surface area (Å²) in [6, 6.07) is 9.10. The van der Waals surface area contributed by atoms with E-state index in [0.717, 1.165) is 5.56 Å². The highest BCUT2D eigenvalue weighted by Gasteiger charge is 2.52. The Morgan fingerprint density at radius 3 is 2.45 bits per heavy atom. The van der Waals surface area contributed by atoms with Crippen LogP contribution in [0.3, 0.4) is 0 Å². The highest BCUT2D eigenvalue weighted by Crippen LogP contribution is 2.44. The molecular weight excluding hydrogens is 374 g/mol. The minimum Gasteiger partial charge on any atom is -0.462 e. The topological polar surface area (TPSA) is 90.9 Å². The van der Waals surface area contributed by atoms with Crippen LogP contribution in [0, 0.1) is 5.41 Å². The number of amides is 1. The summed E-state index contributed by atoms with van der Waals surface area (Å²) in [5.74, 6) is -0.889. The summed E-state index contributed by atoms with van der Waals surface area (Å²) in [5.41, 5.74) is -0.753. The predicted molar refractivity (Wildman–Crippen MR) is 107 cm³/mol. The van der Waals surface area contributed by atoms with Gasteiger partial charge in [0.25, 0.3) is 0 Å². The molecule has 1 aliphatic carbocycles. The summed E-state index contributed by atoms with van der Waals surface area (Å²) >= 11 is 0. The molecule has 29 heavy (non-hydrogen) atoms. The van der Waals surface area contributed by atoms with Crippen LogP contribution in [0.1, 0.15) is 59.4 Å². The van der Waals surface area contributed by atoms with Crippen LogP contribution in [0.2, 0.25) is 0 Å². The molecule has 1 saturated carbocycles. The van der Waals surface area contributed by atoms with Gasteiger partial charge in [-0.05, 0) is 52.5 Å². The van der Waals surface area contributed by atoms with Crippen molar-refractivity contribution >= 4 is 18.0 Å². The highest BCUT2D eigenvalue weighted by molar-refractivity contribution is 5.79. The van der Waals surface area contributed by atoms with Crippen LogP contribution >= 0.6 is 0 Å². The monoisotopic (exact) mass is 405 g/mol. The first-order chi connectivity index (χ1) is 13.5. The molecule has 3 atom stereocenters. The average Bonchev–Trinajstić information content (AvgIpc) is 3.03. The standard InChI is InChI=1S/C22H31NO6/c1-15(28-16(2)24)22(19(25)27-14-17-9-7-6-8-10-17)12-11-18(13-22)23-20(26)29-21(3,4)5/h6-10,15,18H,11-14H2,1-5H3,(H,23,26)/t15?,18-,22+/m1/s1. The van der Waals surface area contributed by atoms with E-state index in [4.69, 9.17) is 14.2 Å². The van der Waals surface area contributed by atoms with Crippen molar-refractivity contribution in [2.45, 2.75) is 78.2 Å². The first-order valence-corrected chi connectivity index (χ1v) is 9.90. The molecule has 0 aromatic heterocycles. The highest BCUT2D eigenvalue weighted by atomic mass is 16.6. The van der Waals surface area contributed by atoms with Crippen molar-refractivity contribution in [3.63, 3.8) is 0 Å². The Morgan fingerprint density at radius 2 is 1.86 bits per heavy atom. The fourth-order valence-corrected chi connectivity index (χ4v) is 3.62. The first-order valence-electron chi connectivity index (χ1n) is 9.90. The number of hydrogen-bond acceptors (Lipinski definition) is 6. The molecule has 7 heteroatoms. The van der Waals surface area contributed by atoms with Gasteiger partial charge >= 0.3 is 18.0 Å². The second-order valence-corrected chi connectivity index (χ2v) is 8.56. The maximum absolute atomic E-state index is 13.1. The van der Waals surface area contributed by atoms with Crippen molar-refractivity contribution in [2.75, 3.05) is 0 Å². The minimum atomic E-state index is -1.01. The van der Waals surface area contributed by atoms with Crippen LogP contribution in [-0.2, 0) is 30.4 Å². The summed E-state index contributed by atoms with van der Waals surface area (Å²) in [6.07, 6.45) is 0.111. The Kier molecular flexibility index (Phi) is 7.27. The number of ether oxygens (including phenoxy) is 3. The molecule has 1 amide bonds. The smallest absolute Gasteiger partial charge is 0.407 e. The summed E-state index contributed by atoms with van der Waals surface area (Å²) in [5, 5.41) is 2.82. The molecule has 1 aromatic carbocycles. The third-order valence-electron chi connectivity index (χ3n) is 5.01. The maximum Gasteiger partial charge on any atom is 0.407 e. The van der Waals surface area contributed by atoms with Crippen LogP contribution in [-0.4, -0.2) is 35.8 Å². The number of carbonyl (C=O) groups is 3. The van der Waals surface area contributed by atoms with Gasteiger partial charge in [0.15, 0.2) is 0 Å². The summed E-state index contributed by atoms with van der Waals surface area (Å²) in [7, 11) is 0. The van der Waals surface area contributed by atoms with E-state index in [1.165, 1.54) is 6.92 Å². The Balaban J connectivity index is 2.09. The van der Waals surface area contributed by atoms with Gasteiger partial charge in [0.05, 0.1) is 0 Å². The van der Waals surface area contributed by atoms with Crippen LogP contribution < -0.4 is 5.32 Å². The lowest BCUT2D eigenvalue weighted by atomic mass is 9.80. The van der Waals surface area contributed by atoms with Gasteiger partial charge in [0.2, 0.25) is 0 Å². The Hall–Kier alpha value is -2.57. The number of carbonyl (C=O) groups excluding carboxylic acids is 3. The van der Waals surface area contributed by atoms with Gasteiger partial charge in [0, 0.05) is 13.0 Å². The van der Waals surface area contributed by atoms with Gasteiger partial charge in [-0.15, -0.1) is 0 Å². The summed E-state index contributed by atoms with van der Waals surface area (Å²) < 4.78 is 16.2. The van der Waals surface area contributed by atoms with Crippen LogP contribution in [0.15, 0.2) is 30.3 Å². The number of benzene rings is 1. The van der Waals surface area contributed by atoms with Crippen LogP contribution in [0.25, 0.3) is 0 Å². The van der Waals surface area contributed by atoms with Crippen molar-refractivity contribution in [2.24, 2.45) is 5.41 Å². The average molecular weight is 405 g/mol. The van der Waals surface area contributed by atoms with Crippen molar-refractivity contribution in [1.82, 2.24) is 5.32 Å². The van der Waals surface area contributed by atoms with Gasteiger partial charge in [0.1, 0.15) is 23.7 Å². The Morgan fingerprint density at radius 1 is 1.21 bits per heavy atom. The molecule has 1 aliphatic rings. The normalized spacial score (nSPS) is 22.4. The molecule has 1 aromatic rings. The van der Waals surface area contributed by atoms with Gasteiger partial charge < -0.3 is 19.5 Å². The predicted octanol–water partition coefficient (Wildman–Crippen LogP) is 3.75. The zero-order valence-corrected chi connectivity index (χ0v) is 17.8. The molecule has 0 aliphatic heterocycles. The molecular formula is C22H31NO6. The third-order valence-corrected chi connectivity index (χ3v) is 5.01. The largest absolute Gasteiger partial charge is 0.462 e. The molecule has 0 bridgehead atoms. The van der Waals surface area contributed by atoms with E-state index in [2.05, 4.69) is 5.32 Å². The van der Waals surface area contributed by atoms with E-state index in [-0.39, 0.29) is 12.6 Å². The van der Waals surface area contributed by atoms with Crippen molar-refractivity contribution in [3.05, 3.63) is 35.9 Å².